The Kier molecular flexibility index (Phi) is 5.52. The summed E-state index contributed by atoms with van der Waals surface area (Å²) in [6.07, 6.45) is 0.437. The van der Waals surface area contributed by atoms with Crippen LogP contribution >= 0.6 is 21.6 Å². The van der Waals surface area contributed by atoms with E-state index in [4.69, 9.17) is 4.84 Å². The third kappa shape index (κ3) is 5.30. The minimum atomic E-state index is -0.541. The highest BCUT2D eigenvalue weighted by Crippen LogP contribution is 2.35. The maximum Gasteiger partial charge on any atom is 0.334 e. The Bertz CT molecular complexity index is 335. The molecule has 0 aliphatic carbocycles. The van der Waals surface area contributed by atoms with Crippen molar-refractivity contribution in [1.82, 2.24) is 5.06 Å². The molecule has 0 spiro atoms. The molecule has 0 aromatic heterocycles. The summed E-state index contributed by atoms with van der Waals surface area (Å²) in [5.41, 5.74) is 0. The monoisotopic (exact) mass is 291 g/mol. The summed E-state index contributed by atoms with van der Waals surface area (Å²) < 4.78 is 0.134. The largest absolute Gasteiger partial charge is 0.334 e. The maximum atomic E-state index is 11.4. The molecular weight excluding hydrogens is 274 g/mol. The quantitative estimate of drug-likeness (QED) is 0.439. The van der Waals surface area contributed by atoms with Crippen LogP contribution in [0.5, 0.6) is 0 Å². The lowest BCUT2D eigenvalue weighted by atomic mass is 10.3. The number of nitrogens with zero attached hydrogens (tertiary/aromatic N) is 1. The van der Waals surface area contributed by atoms with Gasteiger partial charge in [0, 0.05) is 23.3 Å². The average Bonchev–Trinajstić information content (AvgIpc) is 2.55. The number of rotatable bonds is 5. The van der Waals surface area contributed by atoms with Crippen LogP contribution in [0.2, 0.25) is 0 Å². The first-order chi connectivity index (χ1) is 8.29. The second kappa shape index (κ2) is 6.47. The first-order valence-corrected chi connectivity index (χ1v) is 7.99. The fourth-order valence-corrected chi connectivity index (χ4v) is 3.40. The predicted octanol–water partition coefficient (Wildman–Crippen LogP) is 2.16. The van der Waals surface area contributed by atoms with Gasteiger partial charge in [-0.25, -0.2) is 4.79 Å². The van der Waals surface area contributed by atoms with Gasteiger partial charge in [0.05, 0.1) is 6.42 Å². The molecule has 7 heteroatoms. The van der Waals surface area contributed by atoms with Gasteiger partial charge in [0.1, 0.15) is 0 Å². The molecule has 5 nitrogen and oxygen atoms in total. The zero-order chi connectivity index (χ0) is 13.8. The van der Waals surface area contributed by atoms with Gasteiger partial charge in [-0.2, -0.15) is 0 Å². The zero-order valence-corrected chi connectivity index (χ0v) is 12.4. The van der Waals surface area contributed by atoms with Gasteiger partial charge in [-0.15, -0.1) is 5.06 Å². The van der Waals surface area contributed by atoms with Crippen molar-refractivity contribution < 1.29 is 19.2 Å². The van der Waals surface area contributed by atoms with Gasteiger partial charge in [-0.1, -0.05) is 42.4 Å². The van der Waals surface area contributed by atoms with Crippen LogP contribution in [0.3, 0.4) is 0 Å². The summed E-state index contributed by atoms with van der Waals surface area (Å²) in [7, 11) is 3.26. The highest BCUT2D eigenvalue weighted by Gasteiger charge is 2.32. The Morgan fingerprint density at radius 2 is 1.83 bits per heavy atom. The van der Waals surface area contributed by atoms with E-state index >= 15 is 0 Å². The maximum absolute atomic E-state index is 11.4. The summed E-state index contributed by atoms with van der Waals surface area (Å²) in [5.74, 6) is -0.826. The van der Waals surface area contributed by atoms with Crippen molar-refractivity contribution in [1.29, 1.82) is 0 Å². The SMILES string of the molecule is CC(C)(C)SSCCC(=O)ON1C(=O)CCC1=O. The number of carbonyl (C=O) groups is 3. The fraction of sp³-hybridized carbons (Fsp3) is 0.727. The molecule has 0 bridgehead atoms. The Morgan fingerprint density at radius 3 is 2.33 bits per heavy atom. The highest BCUT2D eigenvalue weighted by molar-refractivity contribution is 8.77. The zero-order valence-electron chi connectivity index (χ0n) is 10.7. The number of imide groups is 1. The molecule has 0 radical (unpaired) electrons. The van der Waals surface area contributed by atoms with Crippen LogP contribution in [-0.2, 0) is 19.2 Å². The molecule has 2 amide bonds. The summed E-state index contributed by atoms with van der Waals surface area (Å²) in [6, 6.07) is 0. The van der Waals surface area contributed by atoms with E-state index in [-0.39, 0.29) is 24.0 Å². The van der Waals surface area contributed by atoms with E-state index in [1.165, 1.54) is 0 Å². The molecule has 0 N–H and O–H groups in total. The van der Waals surface area contributed by atoms with Gasteiger partial charge < -0.3 is 4.84 Å². The van der Waals surface area contributed by atoms with E-state index in [0.717, 1.165) is 0 Å². The lowest BCUT2D eigenvalue weighted by molar-refractivity contribution is -0.197. The molecule has 0 atom stereocenters. The Balaban J connectivity index is 2.22. The molecule has 18 heavy (non-hydrogen) atoms. The van der Waals surface area contributed by atoms with Crippen molar-refractivity contribution in [3.05, 3.63) is 0 Å². The minimum Gasteiger partial charge on any atom is -0.330 e. The van der Waals surface area contributed by atoms with Crippen LogP contribution < -0.4 is 0 Å². The van der Waals surface area contributed by atoms with E-state index in [0.29, 0.717) is 10.8 Å². The third-order valence-electron chi connectivity index (χ3n) is 1.90. The molecule has 0 saturated carbocycles. The lowest BCUT2D eigenvalue weighted by Gasteiger charge is -2.16. The van der Waals surface area contributed by atoms with Crippen molar-refractivity contribution >= 4 is 39.4 Å². The molecule has 0 unspecified atom stereocenters. The Labute approximate surface area is 114 Å². The van der Waals surface area contributed by atoms with Crippen LogP contribution in [0.1, 0.15) is 40.0 Å². The van der Waals surface area contributed by atoms with Gasteiger partial charge >= 0.3 is 5.97 Å². The van der Waals surface area contributed by atoms with Gasteiger partial charge in [-0.05, 0) is 0 Å². The minimum absolute atomic E-state index is 0.126. The van der Waals surface area contributed by atoms with Gasteiger partial charge in [0.25, 0.3) is 11.8 Å². The molecule has 1 aliphatic rings. The van der Waals surface area contributed by atoms with Crippen molar-refractivity contribution in [3.63, 3.8) is 0 Å². The van der Waals surface area contributed by atoms with E-state index in [1.807, 2.05) is 0 Å². The molecule has 0 aromatic rings. The first-order valence-electron chi connectivity index (χ1n) is 5.67. The second-order valence-corrected chi connectivity index (χ2v) is 8.06. The number of hydrogen-bond acceptors (Lipinski definition) is 6. The highest BCUT2D eigenvalue weighted by atomic mass is 33.1. The molecule has 102 valence electrons. The number of hydroxylamine groups is 2. The number of amides is 2. The molecule has 1 heterocycles. The summed E-state index contributed by atoms with van der Waals surface area (Å²) in [4.78, 5) is 38.6. The standard InChI is InChI=1S/C11H17NO4S2/c1-11(2,3)18-17-7-6-10(15)16-12-8(13)4-5-9(12)14/h4-7H2,1-3H3. The van der Waals surface area contributed by atoms with E-state index < -0.39 is 17.8 Å². The number of carbonyl (C=O) groups excluding carboxylic acids is 3. The van der Waals surface area contributed by atoms with Crippen molar-refractivity contribution in [2.75, 3.05) is 5.75 Å². The lowest BCUT2D eigenvalue weighted by Crippen LogP contribution is -2.32. The third-order valence-corrected chi connectivity index (χ3v) is 5.24. The summed E-state index contributed by atoms with van der Waals surface area (Å²) in [6.45, 7) is 6.26. The van der Waals surface area contributed by atoms with Crippen LogP contribution in [0.25, 0.3) is 0 Å². The van der Waals surface area contributed by atoms with Crippen LogP contribution in [0.15, 0.2) is 0 Å². The first kappa shape index (κ1) is 15.4. The topological polar surface area (TPSA) is 63.7 Å². The van der Waals surface area contributed by atoms with E-state index in [1.54, 1.807) is 21.6 Å². The van der Waals surface area contributed by atoms with Crippen molar-refractivity contribution in [2.45, 2.75) is 44.8 Å². The molecule has 1 rings (SSSR count). The molecule has 1 fully saturated rings. The Morgan fingerprint density at radius 1 is 1.28 bits per heavy atom. The molecule has 1 saturated heterocycles. The molecule has 0 aromatic carbocycles. The predicted molar refractivity (Wildman–Crippen MR) is 71.6 cm³/mol. The smallest absolute Gasteiger partial charge is 0.330 e. The normalized spacial score (nSPS) is 16.3. The molecular formula is C11H17NO4S2. The summed E-state index contributed by atoms with van der Waals surface area (Å²) >= 11 is 0. The second-order valence-electron chi connectivity index (χ2n) is 4.81. The van der Waals surface area contributed by atoms with Crippen molar-refractivity contribution in [2.24, 2.45) is 0 Å². The van der Waals surface area contributed by atoms with Crippen LogP contribution in [0, 0.1) is 0 Å². The van der Waals surface area contributed by atoms with Gasteiger partial charge in [0.15, 0.2) is 0 Å². The number of hydrogen-bond donors (Lipinski definition) is 0. The van der Waals surface area contributed by atoms with Crippen LogP contribution in [-0.4, -0.2) is 33.3 Å². The Hall–Kier alpha value is -0.690. The van der Waals surface area contributed by atoms with E-state index in [9.17, 15) is 14.4 Å². The fourth-order valence-electron chi connectivity index (χ4n) is 1.15. The summed E-state index contributed by atoms with van der Waals surface area (Å²) in [5, 5.41) is 0.587. The average molecular weight is 291 g/mol. The van der Waals surface area contributed by atoms with Gasteiger partial charge in [-0.3, -0.25) is 9.59 Å². The van der Waals surface area contributed by atoms with Crippen LogP contribution in [0.4, 0.5) is 0 Å². The molecule has 1 aliphatic heterocycles. The van der Waals surface area contributed by atoms with Gasteiger partial charge in [0.2, 0.25) is 0 Å². The van der Waals surface area contributed by atoms with E-state index in [2.05, 4.69) is 20.8 Å². The van der Waals surface area contributed by atoms with Crippen molar-refractivity contribution in [3.8, 4) is 0 Å².